The zero-order chi connectivity index (χ0) is 16.8. The fraction of sp³-hybridized carbons (Fsp3) is 0.529. The number of carbonyl (C=O) groups excluding carboxylic acids is 1. The number of urea groups is 1. The van der Waals surface area contributed by atoms with Crippen LogP contribution >= 0.6 is 0 Å². The zero-order valence-electron chi connectivity index (χ0n) is 13.5. The maximum atomic E-state index is 13.8. The van der Waals surface area contributed by atoms with Crippen LogP contribution in [0.25, 0.3) is 0 Å². The van der Waals surface area contributed by atoms with Crippen LogP contribution in [0.4, 0.5) is 9.18 Å². The summed E-state index contributed by atoms with van der Waals surface area (Å²) in [5.74, 6) is -0.0128. The topological polar surface area (TPSA) is 65.4 Å². The summed E-state index contributed by atoms with van der Waals surface area (Å²) in [7, 11) is 0. The lowest BCUT2D eigenvalue weighted by Crippen LogP contribution is -2.39. The molecule has 1 aliphatic heterocycles. The number of nitrogens with one attached hydrogen (secondary N) is 1. The number of halogens is 1. The molecule has 0 spiro atoms. The first-order valence-corrected chi connectivity index (χ1v) is 7.82. The van der Waals surface area contributed by atoms with Crippen molar-refractivity contribution in [3.05, 3.63) is 35.1 Å². The van der Waals surface area contributed by atoms with Gasteiger partial charge in [-0.15, -0.1) is 0 Å². The van der Waals surface area contributed by atoms with Crippen molar-refractivity contribution in [1.82, 2.24) is 10.2 Å². The molecular formula is C17H22FN3O2. The molecule has 1 saturated heterocycles. The summed E-state index contributed by atoms with van der Waals surface area (Å²) in [5, 5.41) is 11.4. The van der Waals surface area contributed by atoms with Crippen LogP contribution in [-0.4, -0.2) is 36.7 Å². The Bertz CT molecular complexity index is 598. The van der Waals surface area contributed by atoms with Crippen molar-refractivity contribution in [2.24, 2.45) is 5.92 Å². The van der Waals surface area contributed by atoms with Gasteiger partial charge in [-0.2, -0.15) is 5.26 Å². The molecule has 0 bridgehead atoms. The van der Waals surface area contributed by atoms with E-state index in [-0.39, 0.29) is 24.2 Å². The number of carbonyl (C=O) groups is 1. The summed E-state index contributed by atoms with van der Waals surface area (Å²) in [6.07, 6.45) is 0.903. The highest BCUT2D eigenvalue weighted by Gasteiger charge is 2.26. The number of rotatable bonds is 5. The van der Waals surface area contributed by atoms with E-state index in [1.54, 1.807) is 4.90 Å². The Morgan fingerprint density at radius 2 is 2.35 bits per heavy atom. The van der Waals surface area contributed by atoms with Gasteiger partial charge in [0.25, 0.3) is 0 Å². The van der Waals surface area contributed by atoms with Gasteiger partial charge in [0.2, 0.25) is 0 Å². The van der Waals surface area contributed by atoms with Crippen molar-refractivity contribution >= 4 is 6.03 Å². The molecule has 1 fully saturated rings. The van der Waals surface area contributed by atoms with Gasteiger partial charge in [-0.25, -0.2) is 9.18 Å². The number of amides is 2. The van der Waals surface area contributed by atoms with Crippen molar-refractivity contribution in [3.8, 4) is 6.07 Å². The molecule has 1 atom stereocenters. The van der Waals surface area contributed by atoms with Crippen LogP contribution in [0.15, 0.2) is 18.2 Å². The summed E-state index contributed by atoms with van der Waals surface area (Å²) in [5.41, 5.74) is 0.631. The molecule has 1 aromatic rings. The van der Waals surface area contributed by atoms with E-state index in [1.165, 1.54) is 18.2 Å². The van der Waals surface area contributed by atoms with E-state index in [2.05, 4.69) is 19.2 Å². The molecule has 124 valence electrons. The van der Waals surface area contributed by atoms with Crippen molar-refractivity contribution in [1.29, 1.82) is 5.26 Å². The lowest BCUT2D eigenvalue weighted by molar-refractivity contribution is 0.0436. The molecule has 1 N–H and O–H groups in total. The SMILES string of the molecule is CC(C)COC1CCN(C(=O)NCc2ccc(C#N)cc2F)C1. The van der Waals surface area contributed by atoms with Crippen LogP contribution < -0.4 is 5.32 Å². The summed E-state index contributed by atoms with van der Waals surface area (Å²) >= 11 is 0. The molecule has 0 aliphatic carbocycles. The highest BCUT2D eigenvalue weighted by molar-refractivity contribution is 5.74. The van der Waals surface area contributed by atoms with Gasteiger partial charge in [-0.3, -0.25) is 0 Å². The number of nitrogens with zero attached hydrogens (tertiary/aromatic N) is 2. The minimum Gasteiger partial charge on any atom is -0.376 e. The Hall–Kier alpha value is -2.13. The van der Waals surface area contributed by atoms with Gasteiger partial charge in [0.05, 0.1) is 17.7 Å². The Kier molecular flexibility index (Phi) is 5.94. The quantitative estimate of drug-likeness (QED) is 0.907. The van der Waals surface area contributed by atoms with Crippen molar-refractivity contribution < 1.29 is 13.9 Å². The van der Waals surface area contributed by atoms with Crippen molar-refractivity contribution in [3.63, 3.8) is 0 Å². The van der Waals surface area contributed by atoms with Gasteiger partial charge < -0.3 is 15.0 Å². The van der Waals surface area contributed by atoms with Crippen LogP contribution in [0.2, 0.25) is 0 Å². The second kappa shape index (κ2) is 7.93. The third-order valence-electron chi connectivity index (χ3n) is 3.71. The monoisotopic (exact) mass is 319 g/mol. The third-order valence-corrected chi connectivity index (χ3v) is 3.71. The molecular weight excluding hydrogens is 297 g/mol. The Balaban J connectivity index is 1.81. The largest absolute Gasteiger partial charge is 0.376 e. The minimum atomic E-state index is -0.482. The Morgan fingerprint density at radius 1 is 1.57 bits per heavy atom. The molecule has 23 heavy (non-hydrogen) atoms. The number of hydrogen-bond acceptors (Lipinski definition) is 3. The molecule has 1 unspecified atom stereocenters. The maximum Gasteiger partial charge on any atom is 0.317 e. The van der Waals surface area contributed by atoms with Gasteiger partial charge in [0.15, 0.2) is 0 Å². The highest BCUT2D eigenvalue weighted by Crippen LogP contribution is 2.14. The van der Waals surface area contributed by atoms with Crippen LogP contribution in [-0.2, 0) is 11.3 Å². The summed E-state index contributed by atoms with van der Waals surface area (Å²) < 4.78 is 19.5. The van der Waals surface area contributed by atoms with Crippen molar-refractivity contribution in [2.45, 2.75) is 32.9 Å². The van der Waals surface area contributed by atoms with Gasteiger partial charge in [0.1, 0.15) is 5.82 Å². The van der Waals surface area contributed by atoms with Crippen LogP contribution in [0.5, 0.6) is 0 Å². The summed E-state index contributed by atoms with van der Waals surface area (Å²) in [6.45, 7) is 6.18. The molecule has 0 radical (unpaired) electrons. The second-order valence-corrected chi connectivity index (χ2v) is 6.16. The predicted molar refractivity (Wildman–Crippen MR) is 84.1 cm³/mol. The first-order chi connectivity index (χ1) is 11.0. The highest BCUT2D eigenvalue weighted by atomic mass is 19.1. The van der Waals surface area contributed by atoms with Crippen LogP contribution in [0, 0.1) is 23.1 Å². The number of hydrogen-bond donors (Lipinski definition) is 1. The molecule has 5 nitrogen and oxygen atoms in total. The van der Waals surface area contributed by atoms with Crippen LogP contribution in [0.3, 0.4) is 0 Å². The van der Waals surface area contributed by atoms with Gasteiger partial charge in [0, 0.05) is 31.8 Å². The molecule has 1 aromatic carbocycles. The third kappa shape index (κ3) is 4.93. The van der Waals surface area contributed by atoms with E-state index in [0.29, 0.717) is 31.2 Å². The maximum absolute atomic E-state index is 13.8. The molecule has 1 aliphatic rings. The molecule has 2 amide bonds. The molecule has 6 heteroatoms. The fourth-order valence-electron chi connectivity index (χ4n) is 2.42. The van der Waals surface area contributed by atoms with Gasteiger partial charge in [-0.05, 0) is 24.5 Å². The smallest absolute Gasteiger partial charge is 0.317 e. The average Bonchev–Trinajstić information content (AvgIpc) is 3.00. The van der Waals surface area contributed by atoms with Gasteiger partial charge >= 0.3 is 6.03 Å². The number of nitriles is 1. The second-order valence-electron chi connectivity index (χ2n) is 6.16. The summed E-state index contributed by atoms with van der Waals surface area (Å²) in [6, 6.07) is 5.89. The molecule has 2 rings (SSSR count). The molecule has 0 saturated carbocycles. The average molecular weight is 319 g/mol. The van der Waals surface area contributed by atoms with E-state index in [1.807, 2.05) is 6.07 Å². The zero-order valence-corrected chi connectivity index (χ0v) is 13.5. The van der Waals surface area contributed by atoms with E-state index in [0.717, 1.165) is 6.42 Å². The van der Waals surface area contributed by atoms with E-state index < -0.39 is 5.82 Å². The lowest BCUT2D eigenvalue weighted by Gasteiger charge is -2.18. The van der Waals surface area contributed by atoms with Gasteiger partial charge in [-0.1, -0.05) is 19.9 Å². The number of ether oxygens (including phenoxy) is 1. The minimum absolute atomic E-state index is 0.0785. The fourth-order valence-corrected chi connectivity index (χ4v) is 2.42. The number of likely N-dealkylation sites (tertiary alicyclic amines) is 1. The summed E-state index contributed by atoms with van der Waals surface area (Å²) in [4.78, 5) is 13.8. The number of benzene rings is 1. The predicted octanol–water partition coefficient (Wildman–Crippen LogP) is 2.65. The molecule has 1 heterocycles. The Labute approximate surface area is 136 Å². The van der Waals surface area contributed by atoms with E-state index >= 15 is 0 Å². The molecule has 0 aromatic heterocycles. The van der Waals surface area contributed by atoms with Crippen LogP contribution in [0.1, 0.15) is 31.4 Å². The normalized spacial score (nSPS) is 17.3. The Morgan fingerprint density at radius 3 is 3.00 bits per heavy atom. The van der Waals surface area contributed by atoms with Crippen molar-refractivity contribution in [2.75, 3.05) is 19.7 Å². The van der Waals surface area contributed by atoms with E-state index in [4.69, 9.17) is 10.00 Å². The first-order valence-electron chi connectivity index (χ1n) is 7.82. The van der Waals surface area contributed by atoms with E-state index in [9.17, 15) is 9.18 Å². The lowest BCUT2D eigenvalue weighted by atomic mass is 10.1. The first kappa shape index (κ1) is 17.2. The standard InChI is InChI=1S/C17H22FN3O2/c1-12(2)11-23-15-5-6-21(10-15)17(22)20-9-14-4-3-13(8-19)7-16(14)18/h3-4,7,12,15H,5-6,9-11H2,1-2H3,(H,20,22).